The fourth-order valence-electron chi connectivity index (χ4n) is 6.28. The smallest absolute Gasteiger partial charge is 0.356 e. The van der Waals surface area contributed by atoms with E-state index in [9.17, 15) is 14.4 Å². The molecule has 4 rings (SSSR count). The highest BCUT2D eigenvalue weighted by Crippen LogP contribution is 2.28. The summed E-state index contributed by atoms with van der Waals surface area (Å²) in [5, 5.41) is 5.40. The largest absolute Gasteiger partial charge is 0.464 e. The van der Waals surface area contributed by atoms with E-state index >= 15 is 0 Å². The third kappa shape index (κ3) is 16.4. The number of aromatic nitrogens is 2. The fourth-order valence-corrected chi connectivity index (χ4v) is 6.37. The molecule has 1 amide bonds. The Hall–Kier alpha value is -4.51. The van der Waals surface area contributed by atoms with E-state index in [1.807, 2.05) is 36.4 Å². The zero-order chi connectivity index (χ0) is 41.2. The summed E-state index contributed by atoms with van der Waals surface area (Å²) in [6, 6.07) is 17.7. The molecule has 1 aliphatic rings. The molecule has 2 aromatic heterocycles. The molecule has 314 valence electrons. The van der Waals surface area contributed by atoms with Crippen molar-refractivity contribution in [2.75, 3.05) is 106 Å². The molecule has 1 aliphatic heterocycles. The number of methoxy groups -OCH3 is 2. The van der Waals surface area contributed by atoms with Gasteiger partial charge in [0.2, 0.25) is 0 Å². The second-order valence-corrected chi connectivity index (χ2v) is 13.6. The van der Waals surface area contributed by atoms with Crippen LogP contribution in [0.15, 0.2) is 65.7 Å². The second kappa shape index (κ2) is 27.2. The lowest BCUT2D eigenvalue weighted by molar-refractivity contribution is 0.00330. The van der Waals surface area contributed by atoms with Crippen LogP contribution in [-0.4, -0.2) is 149 Å². The van der Waals surface area contributed by atoms with Gasteiger partial charge in [-0.2, -0.15) is 0 Å². The standard InChI is InChI=1S/C42H56N6O9S/c1-52-41(50)37-11-7-9-35(45-37)31-47-19-23-54-27-29-56-25-21-48(22-26-57-30-28-55-24-20-47)39(36-10-8-12-38(46-36)42(51)53-2)33-13-15-34(16-14-33)40(49)44-18-6-4-3-5-17-43-32-58/h7-16,39H,3-6,17-31H2,1-2H3,(H,44,49). The van der Waals surface area contributed by atoms with Gasteiger partial charge in [0.15, 0.2) is 0 Å². The average Bonchev–Trinajstić information content (AvgIpc) is 3.25. The van der Waals surface area contributed by atoms with E-state index < -0.39 is 18.0 Å². The van der Waals surface area contributed by atoms with Crippen molar-refractivity contribution in [3.63, 3.8) is 0 Å². The molecule has 0 spiro atoms. The van der Waals surface area contributed by atoms with Gasteiger partial charge in [0.25, 0.3) is 5.91 Å². The summed E-state index contributed by atoms with van der Waals surface area (Å²) < 4.78 is 33.8. The van der Waals surface area contributed by atoms with Crippen LogP contribution in [0.25, 0.3) is 0 Å². The van der Waals surface area contributed by atoms with E-state index in [2.05, 4.69) is 42.5 Å². The molecule has 16 heteroatoms. The number of amides is 1. The van der Waals surface area contributed by atoms with Crippen molar-refractivity contribution in [2.24, 2.45) is 4.99 Å². The highest BCUT2D eigenvalue weighted by molar-refractivity contribution is 7.78. The summed E-state index contributed by atoms with van der Waals surface area (Å²) in [6.07, 6.45) is 3.83. The number of ether oxygens (including phenoxy) is 6. The molecule has 1 N–H and O–H groups in total. The number of pyridine rings is 2. The number of unbranched alkanes of at least 4 members (excludes halogenated alkanes) is 3. The fraction of sp³-hybridized carbons (Fsp3) is 0.524. The maximum atomic E-state index is 13.0. The van der Waals surface area contributed by atoms with Crippen molar-refractivity contribution in [3.8, 4) is 0 Å². The van der Waals surface area contributed by atoms with Crippen molar-refractivity contribution in [1.82, 2.24) is 25.1 Å². The van der Waals surface area contributed by atoms with Crippen LogP contribution in [0.5, 0.6) is 0 Å². The van der Waals surface area contributed by atoms with Crippen LogP contribution in [0.4, 0.5) is 0 Å². The highest BCUT2D eigenvalue weighted by atomic mass is 32.1. The number of nitrogens with zero attached hydrogens (tertiary/aromatic N) is 5. The summed E-state index contributed by atoms with van der Waals surface area (Å²) in [7, 11) is 2.66. The molecule has 0 saturated carbocycles. The number of aliphatic imine (C=N–C) groups is 1. The Balaban J connectivity index is 1.41. The Morgan fingerprint density at radius 1 is 0.741 bits per heavy atom. The molecule has 58 heavy (non-hydrogen) atoms. The predicted octanol–water partition coefficient (Wildman–Crippen LogP) is 4.42. The molecule has 1 unspecified atom stereocenters. The van der Waals surface area contributed by atoms with Crippen LogP contribution < -0.4 is 5.32 Å². The van der Waals surface area contributed by atoms with E-state index in [4.69, 9.17) is 33.4 Å². The van der Waals surface area contributed by atoms with Crippen molar-refractivity contribution < 1.29 is 42.8 Å². The number of nitrogens with one attached hydrogen (secondary N) is 1. The minimum Gasteiger partial charge on any atom is -0.464 e. The molecular weight excluding hydrogens is 765 g/mol. The summed E-state index contributed by atoms with van der Waals surface area (Å²) in [5.74, 6) is -1.15. The molecule has 15 nitrogen and oxygen atoms in total. The number of benzene rings is 1. The van der Waals surface area contributed by atoms with Gasteiger partial charge in [-0.15, -0.1) is 0 Å². The number of rotatable bonds is 15. The van der Waals surface area contributed by atoms with Gasteiger partial charge in [-0.05, 0) is 67.0 Å². The minimum absolute atomic E-state index is 0.142. The van der Waals surface area contributed by atoms with Gasteiger partial charge in [0.05, 0.1) is 89.7 Å². The summed E-state index contributed by atoms with van der Waals surface area (Å²) in [4.78, 5) is 55.0. The van der Waals surface area contributed by atoms with Crippen LogP contribution in [0.2, 0.25) is 0 Å². The number of isothiocyanates is 1. The molecule has 1 saturated heterocycles. The van der Waals surface area contributed by atoms with Gasteiger partial charge in [-0.3, -0.25) is 14.6 Å². The topological polar surface area (TPSA) is 163 Å². The lowest BCUT2D eigenvalue weighted by Crippen LogP contribution is -2.36. The van der Waals surface area contributed by atoms with Crippen LogP contribution in [-0.2, 0) is 35.0 Å². The quantitative estimate of drug-likeness (QED) is 0.0993. The average molecular weight is 821 g/mol. The van der Waals surface area contributed by atoms with Crippen LogP contribution in [0, 0.1) is 0 Å². The number of esters is 2. The van der Waals surface area contributed by atoms with Gasteiger partial charge >= 0.3 is 11.9 Å². The number of carbonyl (C=O) groups excluding carboxylic acids is 3. The molecular formula is C42H56N6O9S. The molecule has 3 heterocycles. The lowest BCUT2D eigenvalue weighted by Gasteiger charge is -2.32. The molecule has 3 aromatic rings. The first-order chi connectivity index (χ1) is 28.4. The SMILES string of the molecule is COC(=O)c1cccc(CN2CCOCCOCCN(C(c3ccc(C(=O)NCCCCCCN=C=S)cc3)c3cccc(C(=O)OC)n3)CCOCCOCC2)n1. The van der Waals surface area contributed by atoms with Crippen LogP contribution >= 0.6 is 12.2 Å². The first-order valence-electron chi connectivity index (χ1n) is 19.7. The van der Waals surface area contributed by atoms with Gasteiger partial charge in [0, 0.05) is 51.4 Å². The maximum absolute atomic E-state index is 13.0. The van der Waals surface area contributed by atoms with E-state index in [1.54, 1.807) is 24.3 Å². The predicted molar refractivity (Wildman–Crippen MR) is 220 cm³/mol. The Bertz CT molecular complexity index is 1720. The first kappa shape index (κ1) is 46.2. The molecule has 0 radical (unpaired) electrons. The summed E-state index contributed by atoms with van der Waals surface area (Å²) >= 11 is 4.61. The zero-order valence-electron chi connectivity index (χ0n) is 33.6. The Kier molecular flexibility index (Phi) is 21.7. The second-order valence-electron chi connectivity index (χ2n) is 13.4. The normalized spacial score (nSPS) is 16.2. The van der Waals surface area contributed by atoms with Crippen molar-refractivity contribution in [2.45, 2.75) is 38.3 Å². The van der Waals surface area contributed by atoms with Gasteiger partial charge in [-0.1, -0.05) is 37.1 Å². The Morgan fingerprint density at radius 2 is 1.31 bits per heavy atom. The number of carbonyl (C=O) groups is 3. The molecule has 0 bridgehead atoms. The monoisotopic (exact) mass is 820 g/mol. The van der Waals surface area contributed by atoms with Crippen molar-refractivity contribution >= 4 is 35.2 Å². The molecule has 1 atom stereocenters. The minimum atomic E-state index is -0.532. The van der Waals surface area contributed by atoms with Crippen LogP contribution in [0.3, 0.4) is 0 Å². The van der Waals surface area contributed by atoms with Crippen LogP contribution in [0.1, 0.15) is 80.0 Å². The van der Waals surface area contributed by atoms with E-state index in [-0.39, 0.29) is 17.3 Å². The van der Waals surface area contributed by atoms with Gasteiger partial charge in [-0.25, -0.2) is 24.5 Å². The lowest BCUT2D eigenvalue weighted by atomic mass is 9.99. The third-order valence-corrected chi connectivity index (χ3v) is 9.46. The zero-order valence-corrected chi connectivity index (χ0v) is 34.4. The number of hydrogen-bond donors (Lipinski definition) is 1. The Labute approximate surface area is 346 Å². The molecule has 1 fully saturated rings. The molecule has 1 aromatic carbocycles. The molecule has 0 aliphatic carbocycles. The highest BCUT2D eigenvalue weighted by Gasteiger charge is 2.25. The van der Waals surface area contributed by atoms with Crippen molar-refractivity contribution in [1.29, 1.82) is 0 Å². The number of thiocarbonyl (C=S) groups is 1. The van der Waals surface area contributed by atoms with Crippen molar-refractivity contribution in [3.05, 3.63) is 94.6 Å². The summed E-state index contributed by atoms with van der Waals surface area (Å²) in [6.45, 7) is 7.40. The van der Waals surface area contributed by atoms with Gasteiger partial charge in [0.1, 0.15) is 11.4 Å². The first-order valence-corrected chi connectivity index (χ1v) is 20.1. The summed E-state index contributed by atoms with van der Waals surface area (Å²) in [5.41, 5.74) is 3.28. The third-order valence-electron chi connectivity index (χ3n) is 9.33. The maximum Gasteiger partial charge on any atom is 0.356 e. The van der Waals surface area contributed by atoms with Gasteiger partial charge < -0.3 is 33.7 Å². The van der Waals surface area contributed by atoms with E-state index in [0.717, 1.165) is 36.9 Å². The number of hydrogen-bond acceptors (Lipinski definition) is 15. The van der Waals surface area contributed by atoms with E-state index in [0.29, 0.717) is 110 Å². The Morgan fingerprint density at radius 3 is 1.91 bits per heavy atom. The van der Waals surface area contributed by atoms with E-state index in [1.165, 1.54) is 14.2 Å².